The number of sulfonamides is 1. The van der Waals surface area contributed by atoms with E-state index in [0.29, 0.717) is 11.8 Å². The van der Waals surface area contributed by atoms with Crippen molar-refractivity contribution in [3.8, 4) is 0 Å². The lowest BCUT2D eigenvalue weighted by Gasteiger charge is -2.23. The van der Waals surface area contributed by atoms with E-state index >= 15 is 0 Å². The fourth-order valence-corrected chi connectivity index (χ4v) is 3.60. The minimum Gasteiger partial charge on any atom is -0.468 e. The van der Waals surface area contributed by atoms with Crippen molar-refractivity contribution >= 4 is 15.9 Å². The van der Waals surface area contributed by atoms with E-state index < -0.39 is 10.0 Å². The second-order valence-electron chi connectivity index (χ2n) is 6.77. The molecule has 136 valence electrons. The van der Waals surface area contributed by atoms with Crippen molar-refractivity contribution in [1.29, 1.82) is 0 Å². The molecule has 1 aromatic rings. The molecular weight excluding hydrogens is 330 g/mol. The van der Waals surface area contributed by atoms with E-state index in [4.69, 9.17) is 4.42 Å². The first-order valence-electron chi connectivity index (χ1n) is 8.23. The van der Waals surface area contributed by atoms with Crippen LogP contribution in [0, 0.1) is 11.8 Å². The van der Waals surface area contributed by atoms with E-state index in [1.54, 1.807) is 6.26 Å². The Hall–Kier alpha value is -1.38. The Morgan fingerprint density at radius 2 is 2.17 bits per heavy atom. The third-order valence-electron chi connectivity index (χ3n) is 4.32. The second-order valence-corrected chi connectivity index (χ2v) is 8.60. The molecule has 2 rings (SSSR count). The van der Waals surface area contributed by atoms with E-state index in [0.717, 1.165) is 31.7 Å². The van der Waals surface area contributed by atoms with E-state index in [1.807, 2.05) is 12.1 Å². The molecule has 1 amide bonds. The lowest BCUT2D eigenvalue weighted by Crippen LogP contribution is -2.43. The molecule has 1 aliphatic heterocycles. The van der Waals surface area contributed by atoms with Gasteiger partial charge < -0.3 is 9.73 Å². The lowest BCUT2D eigenvalue weighted by atomic mass is 9.91. The lowest BCUT2D eigenvalue weighted by molar-refractivity contribution is -0.121. The SMILES string of the molecule is CC(C)[C@H]1CN(Cc2ccco2)C[C@@H]1NC(=O)CCNS(C)(=O)=O. The van der Waals surface area contributed by atoms with Crippen LogP contribution < -0.4 is 10.0 Å². The third kappa shape index (κ3) is 5.92. The number of hydrogen-bond donors (Lipinski definition) is 2. The van der Waals surface area contributed by atoms with Gasteiger partial charge in [-0.1, -0.05) is 13.8 Å². The van der Waals surface area contributed by atoms with Gasteiger partial charge >= 0.3 is 0 Å². The zero-order chi connectivity index (χ0) is 17.7. The number of amides is 1. The van der Waals surface area contributed by atoms with Gasteiger partial charge in [0.05, 0.1) is 19.1 Å². The summed E-state index contributed by atoms with van der Waals surface area (Å²) in [6.07, 6.45) is 2.90. The number of rotatable bonds is 8. The highest BCUT2D eigenvalue weighted by atomic mass is 32.2. The normalized spacial score (nSPS) is 22.2. The molecule has 0 aliphatic carbocycles. The van der Waals surface area contributed by atoms with Gasteiger partial charge in [0.1, 0.15) is 5.76 Å². The number of carbonyl (C=O) groups is 1. The maximum atomic E-state index is 12.1. The highest BCUT2D eigenvalue weighted by molar-refractivity contribution is 7.88. The number of carbonyl (C=O) groups excluding carboxylic acids is 1. The van der Waals surface area contributed by atoms with Crippen molar-refractivity contribution in [1.82, 2.24) is 14.9 Å². The molecule has 2 atom stereocenters. The summed E-state index contributed by atoms with van der Waals surface area (Å²) in [5.41, 5.74) is 0. The molecule has 7 nitrogen and oxygen atoms in total. The van der Waals surface area contributed by atoms with Crippen LogP contribution in [0.4, 0.5) is 0 Å². The predicted octanol–water partition coefficient (Wildman–Crippen LogP) is 0.792. The Morgan fingerprint density at radius 1 is 1.42 bits per heavy atom. The Labute approximate surface area is 143 Å². The molecule has 1 saturated heterocycles. The summed E-state index contributed by atoms with van der Waals surface area (Å²) in [5.74, 6) is 1.61. The Morgan fingerprint density at radius 3 is 2.75 bits per heavy atom. The molecule has 0 radical (unpaired) electrons. The van der Waals surface area contributed by atoms with Gasteiger partial charge in [-0.25, -0.2) is 13.1 Å². The van der Waals surface area contributed by atoms with Crippen LogP contribution in [-0.4, -0.2) is 51.2 Å². The zero-order valence-corrected chi connectivity index (χ0v) is 15.3. The van der Waals surface area contributed by atoms with Crippen LogP contribution in [-0.2, 0) is 21.4 Å². The molecule has 24 heavy (non-hydrogen) atoms. The fourth-order valence-electron chi connectivity index (χ4n) is 3.12. The first kappa shape index (κ1) is 19.0. The molecule has 8 heteroatoms. The van der Waals surface area contributed by atoms with Crippen LogP contribution in [0.5, 0.6) is 0 Å². The summed E-state index contributed by atoms with van der Waals surface area (Å²) in [4.78, 5) is 14.4. The first-order valence-corrected chi connectivity index (χ1v) is 10.1. The molecule has 0 aromatic carbocycles. The van der Waals surface area contributed by atoms with Crippen molar-refractivity contribution in [2.24, 2.45) is 11.8 Å². The fraction of sp³-hybridized carbons (Fsp3) is 0.688. The quantitative estimate of drug-likeness (QED) is 0.718. The van der Waals surface area contributed by atoms with Gasteiger partial charge in [-0.15, -0.1) is 0 Å². The molecule has 2 heterocycles. The maximum absolute atomic E-state index is 12.1. The summed E-state index contributed by atoms with van der Waals surface area (Å²) in [6.45, 7) is 6.86. The highest BCUT2D eigenvalue weighted by Gasteiger charge is 2.35. The number of nitrogens with one attached hydrogen (secondary N) is 2. The Kier molecular flexibility index (Phi) is 6.42. The summed E-state index contributed by atoms with van der Waals surface area (Å²) < 4.78 is 29.8. The minimum absolute atomic E-state index is 0.0747. The van der Waals surface area contributed by atoms with Gasteiger partial charge in [-0.2, -0.15) is 0 Å². The van der Waals surface area contributed by atoms with Gasteiger partial charge in [0.2, 0.25) is 15.9 Å². The smallest absolute Gasteiger partial charge is 0.221 e. The molecule has 0 saturated carbocycles. The van der Waals surface area contributed by atoms with Crippen molar-refractivity contribution < 1.29 is 17.6 Å². The van der Waals surface area contributed by atoms with E-state index in [-0.39, 0.29) is 24.9 Å². The van der Waals surface area contributed by atoms with Crippen molar-refractivity contribution in [3.05, 3.63) is 24.2 Å². The monoisotopic (exact) mass is 357 g/mol. The largest absolute Gasteiger partial charge is 0.468 e. The molecular formula is C16H27N3O4S. The minimum atomic E-state index is -3.26. The molecule has 0 spiro atoms. The topological polar surface area (TPSA) is 91.7 Å². The molecule has 1 fully saturated rings. The second kappa shape index (κ2) is 8.13. The summed E-state index contributed by atoms with van der Waals surface area (Å²) in [7, 11) is -3.26. The van der Waals surface area contributed by atoms with E-state index in [9.17, 15) is 13.2 Å². The van der Waals surface area contributed by atoms with Crippen LogP contribution in [0.1, 0.15) is 26.0 Å². The highest BCUT2D eigenvalue weighted by Crippen LogP contribution is 2.26. The first-order chi connectivity index (χ1) is 11.2. The van der Waals surface area contributed by atoms with Crippen LogP contribution in [0.3, 0.4) is 0 Å². The number of nitrogens with zero attached hydrogens (tertiary/aromatic N) is 1. The molecule has 0 unspecified atom stereocenters. The Balaban J connectivity index is 1.86. The van der Waals surface area contributed by atoms with Crippen molar-refractivity contribution in [2.45, 2.75) is 32.9 Å². The van der Waals surface area contributed by atoms with E-state index in [1.165, 1.54) is 0 Å². The molecule has 2 N–H and O–H groups in total. The number of likely N-dealkylation sites (tertiary alicyclic amines) is 1. The molecule has 1 aliphatic rings. The number of furan rings is 1. The van der Waals surface area contributed by atoms with Gasteiger partial charge in [-0.05, 0) is 24.0 Å². The predicted molar refractivity (Wildman–Crippen MR) is 91.7 cm³/mol. The van der Waals surface area contributed by atoms with Gasteiger partial charge in [0.25, 0.3) is 0 Å². The summed E-state index contributed by atoms with van der Waals surface area (Å²) >= 11 is 0. The zero-order valence-electron chi connectivity index (χ0n) is 14.5. The maximum Gasteiger partial charge on any atom is 0.221 e. The average Bonchev–Trinajstić information content (AvgIpc) is 3.07. The molecule has 1 aromatic heterocycles. The van der Waals surface area contributed by atoms with Gasteiger partial charge in [0, 0.05) is 32.1 Å². The van der Waals surface area contributed by atoms with Crippen LogP contribution in [0.2, 0.25) is 0 Å². The van der Waals surface area contributed by atoms with Crippen LogP contribution in [0.25, 0.3) is 0 Å². The standard InChI is InChI=1S/C16H27N3O4S/c1-12(2)14-10-19(9-13-5-4-8-23-13)11-15(14)18-16(20)6-7-17-24(3,21)22/h4-5,8,12,14-15,17H,6-7,9-11H2,1-3H3,(H,18,20)/t14-,15+/m1/s1. The van der Waals surface area contributed by atoms with Crippen molar-refractivity contribution in [3.63, 3.8) is 0 Å². The average molecular weight is 357 g/mol. The summed E-state index contributed by atoms with van der Waals surface area (Å²) in [6, 6.07) is 3.90. The van der Waals surface area contributed by atoms with Gasteiger partial charge in [0.15, 0.2) is 0 Å². The van der Waals surface area contributed by atoms with Crippen LogP contribution >= 0.6 is 0 Å². The number of hydrogen-bond acceptors (Lipinski definition) is 5. The third-order valence-corrected chi connectivity index (χ3v) is 5.05. The van der Waals surface area contributed by atoms with Gasteiger partial charge in [-0.3, -0.25) is 9.69 Å². The van der Waals surface area contributed by atoms with Crippen LogP contribution in [0.15, 0.2) is 22.8 Å². The summed E-state index contributed by atoms with van der Waals surface area (Å²) in [5, 5.41) is 3.06. The van der Waals surface area contributed by atoms with E-state index in [2.05, 4.69) is 28.8 Å². The van der Waals surface area contributed by atoms with Crippen molar-refractivity contribution in [2.75, 3.05) is 25.9 Å². The molecule has 0 bridgehead atoms. The Bertz CT molecular complexity index is 628.